The molecule has 3 heterocycles. The minimum atomic E-state index is -0.331. The molecule has 0 radical (unpaired) electrons. The number of piperidine rings is 1. The molecule has 3 atom stereocenters. The Balaban J connectivity index is 1.85. The third-order valence-corrected chi connectivity index (χ3v) is 4.86. The summed E-state index contributed by atoms with van der Waals surface area (Å²) in [7, 11) is 1.80. The van der Waals surface area contributed by atoms with Crippen LogP contribution in [0.15, 0.2) is 23.7 Å². The van der Waals surface area contributed by atoms with E-state index in [1.165, 1.54) is 0 Å². The van der Waals surface area contributed by atoms with Gasteiger partial charge in [0.2, 0.25) is 5.91 Å². The second-order valence-electron chi connectivity index (χ2n) is 6.28. The van der Waals surface area contributed by atoms with Crippen LogP contribution in [0.4, 0.5) is 4.79 Å². The number of nitrogens with zero attached hydrogens (tertiary/aromatic N) is 3. The number of hydrogen-bond acceptors (Lipinski definition) is 6. The summed E-state index contributed by atoms with van der Waals surface area (Å²) in [6.45, 7) is 0.792. The van der Waals surface area contributed by atoms with Gasteiger partial charge in [0.25, 0.3) is 0 Å². The zero-order chi connectivity index (χ0) is 18.0. The lowest BCUT2D eigenvalue weighted by atomic mass is 9.91. The smallest absolute Gasteiger partial charge is 0.322 e. The molecule has 3 aliphatic rings. The molecule has 3 amide bonds. The summed E-state index contributed by atoms with van der Waals surface area (Å²) in [6, 6.07) is 1.26. The van der Waals surface area contributed by atoms with Crippen LogP contribution in [0.5, 0.6) is 0 Å². The fourth-order valence-corrected chi connectivity index (χ4v) is 3.48. The summed E-state index contributed by atoms with van der Waals surface area (Å²) >= 11 is 0. The fourth-order valence-electron chi connectivity index (χ4n) is 3.48. The first-order valence-corrected chi connectivity index (χ1v) is 8.12. The number of carbonyl (C=O) groups excluding carboxylic acids is 3. The van der Waals surface area contributed by atoms with Crippen molar-refractivity contribution in [1.82, 2.24) is 25.8 Å². The molecule has 3 aliphatic heterocycles. The highest BCUT2D eigenvalue weighted by Gasteiger charge is 2.37. The number of amides is 3. The van der Waals surface area contributed by atoms with E-state index in [1.54, 1.807) is 18.1 Å². The van der Waals surface area contributed by atoms with Crippen molar-refractivity contribution in [1.29, 1.82) is 5.26 Å². The Morgan fingerprint density at radius 3 is 3.08 bits per heavy atom. The van der Waals surface area contributed by atoms with Crippen LogP contribution >= 0.6 is 0 Å². The molecule has 0 saturated carbocycles. The van der Waals surface area contributed by atoms with Crippen molar-refractivity contribution in [2.24, 2.45) is 5.92 Å². The second-order valence-corrected chi connectivity index (χ2v) is 6.28. The molecular formula is C16H20N6O3. The molecule has 132 valence electrons. The lowest BCUT2D eigenvalue weighted by Gasteiger charge is -2.43. The minimum Gasteiger partial charge on any atom is -0.367 e. The molecule has 3 rings (SSSR count). The minimum absolute atomic E-state index is 0.175. The van der Waals surface area contributed by atoms with Gasteiger partial charge >= 0.3 is 6.03 Å². The molecular weight excluding hydrogens is 324 g/mol. The van der Waals surface area contributed by atoms with Crippen molar-refractivity contribution < 1.29 is 14.4 Å². The largest absolute Gasteiger partial charge is 0.367 e. The maximum Gasteiger partial charge on any atom is 0.322 e. The molecule has 0 aromatic carbocycles. The van der Waals surface area contributed by atoms with Crippen LogP contribution in [0.3, 0.4) is 0 Å². The standard InChI is InChI=1S/C16H20N6O3/c1-21(15-11-3-6-18-14(11)19-16(25)20-15)12-8-22(13(24)2-5-17)7-4-10(12)9-23/h3,6,9-10,12,14,18H,2,4,7-8H2,1H3,(H2,19,20,25). The highest BCUT2D eigenvalue weighted by atomic mass is 16.2. The average Bonchev–Trinajstić information content (AvgIpc) is 3.08. The van der Waals surface area contributed by atoms with E-state index in [0.29, 0.717) is 25.3 Å². The first-order chi connectivity index (χ1) is 12.0. The average molecular weight is 344 g/mol. The van der Waals surface area contributed by atoms with E-state index in [2.05, 4.69) is 16.0 Å². The molecule has 0 spiro atoms. The van der Waals surface area contributed by atoms with Crippen LogP contribution in [-0.4, -0.2) is 60.4 Å². The van der Waals surface area contributed by atoms with Crippen molar-refractivity contribution in [3.63, 3.8) is 0 Å². The number of rotatable bonds is 4. The summed E-state index contributed by atoms with van der Waals surface area (Å²) in [4.78, 5) is 38.9. The summed E-state index contributed by atoms with van der Waals surface area (Å²) in [6.07, 6.45) is 4.57. The molecule has 3 N–H and O–H groups in total. The van der Waals surface area contributed by atoms with Crippen molar-refractivity contribution in [3.05, 3.63) is 23.7 Å². The van der Waals surface area contributed by atoms with Crippen LogP contribution < -0.4 is 16.0 Å². The van der Waals surface area contributed by atoms with E-state index in [1.807, 2.05) is 17.0 Å². The van der Waals surface area contributed by atoms with Crippen molar-refractivity contribution >= 4 is 18.2 Å². The number of likely N-dealkylation sites (tertiary alicyclic amines) is 1. The Kier molecular flexibility index (Phi) is 4.61. The van der Waals surface area contributed by atoms with E-state index in [-0.39, 0.29) is 36.5 Å². The number of nitriles is 1. The van der Waals surface area contributed by atoms with Crippen LogP contribution in [-0.2, 0) is 9.59 Å². The zero-order valence-corrected chi connectivity index (χ0v) is 13.9. The number of likely N-dealkylation sites (N-methyl/N-ethyl adjacent to an activating group) is 1. The van der Waals surface area contributed by atoms with Gasteiger partial charge < -0.3 is 25.2 Å². The molecule has 1 fully saturated rings. The Bertz CT molecular complexity index is 694. The monoisotopic (exact) mass is 344 g/mol. The third-order valence-electron chi connectivity index (χ3n) is 4.86. The zero-order valence-electron chi connectivity index (χ0n) is 13.9. The molecule has 0 aromatic rings. The van der Waals surface area contributed by atoms with Crippen LogP contribution in [0, 0.1) is 17.2 Å². The first kappa shape index (κ1) is 16.8. The normalized spacial score (nSPS) is 27.6. The maximum atomic E-state index is 12.1. The number of nitrogens with one attached hydrogen (secondary N) is 3. The van der Waals surface area contributed by atoms with Gasteiger partial charge in [-0.15, -0.1) is 0 Å². The first-order valence-electron chi connectivity index (χ1n) is 8.12. The van der Waals surface area contributed by atoms with Crippen molar-refractivity contribution in [2.45, 2.75) is 25.0 Å². The Hall–Kier alpha value is -3.02. The van der Waals surface area contributed by atoms with E-state index < -0.39 is 0 Å². The molecule has 1 saturated heterocycles. The van der Waals surface area contributed by atoms with E-state index in [4.69, 9.17) is 5.26 Å². The van der Waals surface area contributed by atoms with E-state index in [0.717, 1.165) is 11.9 Å². The molecule has 0 aliphatic carbocycles. The fraction of sp³-hybridized carbons (Fsp3) is 0.500. The molecule has 9 heteroatoms. The topological polar surface area (TPSA) is 118 Å². The van der Waals surface area contributed by atoms with E-state index >= 15 is 0 Å². The Morgan fingerprint density at radius 2 is 2.36 bits per heavy atom. The lowest BCUT2D eigenvalue weighted by Crippen LogP contribution is -2.59. The van der Waals surface area contributed by atoms with Crippen molar-refractivity contribution in [2.75, 3.05) is 20.1 Å². The Morgan fingerprint density at radius 1 is 1.56 bits per heavy atom. The predicted octanol–water partition coefficient (Wildman–Crippen LogP) is -0.785. The van der Waals surface area contributed by atoms with Gasteiger partial charge in [-0.25, -0.2) is 4.79 Å². The van der Waals surface area contributed by atoms with Gasteiger partial charge in [0.15, 0.2) is 0 Å². The van der Waals surface area contributed by atoms with Gasteiger partial charge in [0.1, 0.15) is 24.7 Å². The summed E-state index contributed by atoms with van der Waals surface area (Å²) < 4.78 is 0. The molecule has 0 bridgehead atoms. The summed E-state index contributed by atoms with van der Waals surface area (Å²) in [5, 5.41) is 17.3. The van der Waals surface area contributed by atoms with Gasteiger partial charge in [-0.1, -0.05) is 0 Å². The SMILES string of the molecule is CN(C1=C2C=CNC2NC(=O)N1)C1CN(C(=O)CC#N)CCC1C=O. The highest BCUT2D eigenvalue weighted by molar-refractivity contribution is 5.79. The second kappa shape index (κ2) is 6.84. The van der Waals surface area contributed by atoms with Crippen LogP contribution in [0.1, 0.15) is 12.8 Å². The summed E-state index contributed by atoms with van der Waals surface area (Å²) in [5.74, 6) is 0.117. The van der Waals surface area contributed by atoms with Crippen LogP contribution in [0.2, 0.25) is 0 Å². The van der Waals surface area contributed by atoms with Gasteiger partial charge in [0.05, 0.1) is 12.1 Å². The number of aldehydes is 1. The van der Waals surface area contributed by atoms with Crippen molar-refractivity contribution in [3.8, 4) is 6.07 Å². The third kappa shape index (κ3) is 3.15. The van der Waals surface area contributed by atoms with Gasteiger partial charge in [-0.05, 0) is 18.7 Å². The summed E-state index contributed by atoms with van der Waals surface area (Å²) in [5.41, 5.74) is 0.868. The van der Waals surface area contributed by atoms with Gasteiger partial charge in [0, 0.05) is 31.6 Å². The van der Waals surface area contributed by atoms with E-state index in [9.17, 15) is 14.4 Å². The molecule has 25 heavy (non-hydrogen) atoms. The van der Waals surface area contributed by atoms with Gasteiger partial charge in [-0.2, -0.15) is 5.26 Å². The number of urea groups is 1. The molecule has 9 nitrogen and oxygen atoms in total. The quantitative estimate of drug-likeness (QED) is 0.576. The lowest BCUT2D eigenvalue weighted by molar-refractivity contribution is -0.134. The maximum absolute atomic E-state index is 12.1. The van der Waals surface area contributed by atoms with Crippen LogP contribution in [0.25, 0.3) is 0 Å². The molecule has 0 aromatic heterocycles. The highest BCUT2D eigenvalue weighted by Crippen LogP contribution is 2.26. The van der Waals surface area contributed by atoms with Gasteiger partial charge in [-0.3, -0.25) is 10.1 Å². The number of fused-ring (bicyclic) bond motifs is 1. The number of hydrogen-bond donors (Lipinski definition) is 3. The predicted molar refractivity (Wildman–Crippen MR) is 87.3 cm³/mol. The molecule has 3 unspecified atom stereocenters. The number of carbonyl (C=O) groups is 3. The Labute approximate surface area is 145 Å².